The molecule has 1 N–H and O–H groups in total. The molecule has 33 heavy (non-hydrogen) atoms. The number of carbonyl (C=O) groups is 2. The number of carbonyl (C=O) groups excluding carboxylic acids is 2. The van der Waals surface area contributed by atoms with Crippen LogP contribution in [0.25, 0.3) is 0 Å². The maximum absolute atomic E-state index is 13.2. The van der Waals surface area contributed by atoms with Crippen molar-refractivity contribution >= 4 is 39.0 Å². The normalized spacial score (nSPS) is 13.7. The average molecular weight is 483 g/mol. The van der Waals surface area contributed by atoms with E-state index in [-0.39, 0.29) is 27.8 Å². The number of rotatable bonds is 6. The smallest absolute Gasteiger partial charge is 0.261 e. The third-order valence-corrected chi connectivity index (χ3v) is 7.25. The molecule has 3 aromatic rings. The minimum absolute atomic E-state index is 0.0521. The number of hydrogen-bond donors (Lipinski definition) is 1. The third-order valence-electron chi connectivity index (χ3n) is 5.65. The second kappa shape index (κ2) is 9.37. The summed E-state index contributed by atoms with van der Waals surface area (Å²) >= 11 is 6.10. The average Bonchev–Trinajstić information content (AvgIpc) is 3.35. The quantitative estimate of drug-likeness (QED) is 0.505. The first-order valence-corrected chi connectivity index (χ1v) is 12.4. The molecule has 4 rings (SSSR count). The van der Waals surface area contributed by atoms with Gasteiger partial charge in [-0.25, -0.2) is 8.42 Å². The summed E-state index contributed by atoms with van der Waals surface area (Å²) in [5, 5.41) is 0.311. The van der Waals surface area contributed by atoms with Gasteiger partial charge in [0.25, 0.3) is 15.9 Å². The van der Waals surface area contributed by atoms with E-state index in [4.69, 9.17) is 11.6 Å². The summed E-state index contributed by atoms with van der Waals surface area (Å²) < 4.78 is 29.0. The Morgan fingerprint density at radius 2 is 1.61 bits per heavy atom. The van der Waals surface area contributed by atoms with Crippen LogP contribution in [0.1, 0.15) is 44.7 Å². The van der Waals surface area contributed by atoms with E-state index in [2.05, 4.69) is 4.72 Å². The zero-order valence-corrected chi connectivity index (χ0v) is 19.6. The van der Waals surface area contributed by atoms with Crippen LogP contribution < -0.4 is 4.72 Å². The fourth-order valence-electron chi connectivity index (χ4n) is 3.83. The van der Waals surface area contributed by atoms with E-state index in [1.54, 1.807) is 48.2 Å². The number of nitrogens with zero attached hydrogens (tertiary/aromatic N) is 1. The Morgan fingerprint density at radius 1 is 0.909 bits per heavy atom. The number of halogens is 1. The first-order valence-electron chi connectivity index (χ1n) is 10.6. The predicted octanol–water partition coefficient (Wildman–Crippen LogP) is 4.92. The molecule has 0 bridgehead atoms. The summed E-state index contributed by atoms with van der Waals surface area (Å²) in [4.78, 5) is 27.6. The van der Waals surface area contributed by atoms with Gasteiger partial charge in [-0.15, -0.1) is 0 Å². The number of likely N-dealkylation sites (tertiary alicyclic amines) is 1. The van der Waals surface area contributed by atoms with E-state index < -0.39 is 10.0 Å². The first-order chi connectivity index (χ1) is 15.8. The topological polar surface area (TPSA) is 83.5 Å². The fraction of sp³-hybridized carbons (Fsp3) is 0.200. The van der Waals surface area contributed by atoms with Crippen molar-refractivity contribution < 1.29 is 18.0 Å². The molecule has 1 amide bonds. The maximum atomic E-state index is 13.2. The monoisotopic (exact) mass is 482 g/mol. The highest BCUT2D eigenvalue weighted by Gasteiger charge is 2.25. The van der Waals surface area contributed by atoms with Crippen LogP contribution in [0, 0.1) is 6.92 Å². The van der Waals surface area contributed by atoms with Crippen LogP contribution in [-0.4, -0.2) is 38.1 Å². The Labute approximate surface area is 198 Å². The molecule has 0 aliphatic carbocycles. The molecule has 3 aromatic carbocycles. The SMILES string of the molecule is Cc1ccc(S(=O)(=O)Nc2ccc(Cl)cc2C(=O)c2ccccc2)cc1C(=O)N1CCCC1. The van der Waals surface area contributed by atoms with Crippen molar-refractivity contribution in [3.63, 3.8) is 0 Å². The Kier molecular flexibility index (Phi) is 6.54. The number of nitrogens with one attached hydrogen (secondary N) is 1. The third kappa shape index (κ3) is 4.94. The summed E-state index contributed by atoms with van der Waals surface area (Å²) in [5.41, 5.74) is 1.72. The second-order valence-corrected chi connectivity index (χ2v) is 10.1. The molecule has 0 saturated carbocycles. The van der Waals surface area contributed by atoms with E-state index in [1.807, 2.05) is 0 Å². The Morgan fingerprint density at radius 3 is 2.30 bits per heavy atom. The molecule has 170 valence electrons. The molecule has 1 aliphatic rings. The van der Waals surface area contributed by atoms with E-state index in [1.165, 1.54) is 30.3 Å². The number of aryl methyl sites for hydroxylation is 1. The van der Waals surface area contributed by atoms with E-state index in [0.29, 0.717) is 34.8 Å². The molecule has 0 atom stereocenters. The van der Waals surface area contributed by atoms with Crippen LogP contribution in [-0.2, 0) is 10.0 Å². The largest absolute Gasteiger partial charge is 0.339 e. The second-order valence-electron chi connectivity index (χ2n) is 7.97. The van der Waals surface area contributed by atoms with Gasteiger partial charge in [0.15, 0.2) is 5.78 Å². The summed E-state index contributed by atoms with van der Waals surface area (Å²) in [6.07, 6.45) is 1.89. The van der Waals surface area contributed by atoms with Crippen LogP contribution in [0.2, 0.25) is 5.02 Å². The van der Waals surface area contributed by atoms with E-state index >= 15 is 0 Å². The first kappa shape index (κ1) is 23.0. The van der Waals surface area contributed by atoms with Gasteiger partial charge in [-0.05, 0) is 55.7 Å². The number of amides is 1. The number of benzene rings is 3. The molecule has 0 unspecified atom stereocenters. The highest BCUT2D eigenvalue weighted by molar-refractivity contribution is 7.92. The molecule has 0 radical (unpaired) electrons. The van der Waals surface area contributed by atoms with Gasteiger partial charge in [-0.1, -0.05) is 48.0 Å². The number of sulfonamides is 1. The Bertz CT molecular complexity index is 1320. The van der Waals surface area contributed by atoms with E-state index in [9.17, 15) is 18.0 Å². The lowest BCUT2D eigenvalue weighted by atomic mass is 10.0. The number of anilines is 1. The van der Waals surface area contributed by atoms with Crippen molar-refractivity contribution in [3.8, 4) is 0 Å². The molecule has 1 heterocycles. The zero-order chi connectivity index (χ0) is 23.6. The zero-order valence-electron chi connectivity index (χ0n) is 18.0. The minimum Gasteiger partial charge on any atom is -0.339 e. The van der Waals surface area contributed by atoms with Crippen LogP contribution in [0.15, 0.2) is 71.6 Å². The van der Waals surface area contributed by atoms with Gasteiger partial charge in [-0.3, -0.25) is 14.3 Å². The fourth-order valence-corrected chi connectivity index (χ4v) is 5.11. The van der Waals surface area contributed by atoms with Crippen LogP contribution in [0.4, 0.5) is 5.69 Å². The van der Waals surface area contributed by atoms with Crippen LogP contribution in [0.3, 0.4) is 0 Å². The van der Waals surface area contributed by atoms with Crippen molar-refractivity contribution in [2.45, 2.75) is 24.7 Å². The van der Waals surface area contributed by atoms with Gasteiger partial charge in [0.05, 0.1) is 10.6 Å². The van der Waals surface area contributed by atoms with Gasteiger partial charge in [0, 0.05) is 34.8 Å². The van der Waals surface area contributed by atoms with E-state index in [0.717, 1.165) is 12.8 Å². The van der Waals surface area contributed by atoms with Crippen LogP contribution in [0.5, 0.6) is 0 Å². The standard InChI is InChI=1S/C25H23ClN2O4S/c1-17-9-11-20(16-21(17)25(30)28-13-5-6-14-28)33(31,32)27-23-12-10-19(26)15-22(23)24(29)18-7-3-2-4-8-18/h2-4,7-12,15-16,27H,5-6,13-14H2,1H3. The molecule has 1 fully saturated rings. The van der Waals surface area contributed by atoms with Gasteiger partial charge < -0.3 is 4.90 Å². The van der Waals surface area contributed by atoms with Crippen molar-refractivity contribution in [2.24, 2.45) is 0 Å². The molecular formula is C25H23ClN2O4S. The van der Waals surface area contributed by atoms with Crippen molar-refractivity contribution in [3.05, 3.63) is 94.0 Å². The van der Waals surface area contributed by atoms with Crippen LogP contribution >= 0.6 is 11.6 Å². The molecule has 6 nitrogen and oxygen atoms in total. The molecule has 1 saturated heterocycles. The summed E-state index contributed by atoms with van der Waals surface area (Å²) in [6, 6.07) is 17.4. The lowest BCUT2D eigenvalue weighted by molar-refractivity contribution is 0.0791. The number of hydrogen-bond acceptors (Lipinski definition) is 4. The van der Waals surface area contributed by atoms with Gasteiger partial charge >= 0.3 is 0 Å². The lowest BCUT2D eigenvalue weighted by Gasteiger charge is -2.18. The van der Waals surface area contributed by atoms with Crippen molar-refractivity contribution in [2.75, 3.05) is 17.8 Å². The molecule has 8 heteroatoms. The maximum Gasteiger partial charge on any atom is 0.261 e. The highest BCUT2D eigenvalue weighted by Crippen LogP contribution is 2.27. The summed E-state index contributed by atoms with van der Waals surface area (Å²) in [5.74, 6) is -0.530. The van der Waals surface area contributed by atoms with Gasteiger partial charge in [0.2, 0.25) is 0 Å². The summed E-state index contributed by atoms with van der Waals surface area (Å²) in [6.45, 7) is 3.12. The summed E-state index contributed by atoms with van der Waals surface area (Å²) in [7, 11) is -4.08. The predicted molar refractivity (Wildman–Crippen MR) is 128 cm³/mol. The minimum atomic E-state index is -4.08. The van der Waals surface area contributed by atoms with Gasteiger partial charge in [-0.2, -0.15) is 0 Å². The Balaban J connectivity index is 1.68. The molecule has 0 spiro atoms. The van der Waals surface area contributed by atoms with Crippen molar-refractivity contribution in [1.82, 2.24) is 4.90 Å². The number of ketones is 1. The lowest BCUT2D eigenvalue weighted by Crippen LogP contribution is -2.28. The van der Waals surface area contributed by atoms with Crippen molar-refractivity contribution in [1.29, 1.82) is 0 Å². The Hall–Kier alpha value is -3.16. The molecule has 0 aromatic heterocycles. The van der Waals surface area contributed by atoms with Gasteiger partial charge in [0.1, 0.15) is 0 Å². The molecule has 1 aliphatic heterocycles. The highest BCUT2D eigenvalue weighted by atomic mass is 35.5. The molecular weight excluding hydrogens is 460 g/mol.